The summed E-state index contributed by atoms with van der Waals surface area (Å²) in [4.78, 5) is 2.22. The van der Waals surface area contributed by atoms with Gasteiger partial charge in [-0.2, -0.15) is 0 Å². The van der Waals surface area contributed by atoms with Gasteiger partial charge in [-0.05, 0) is 25.0 Å². The van der Waals surface area contributed by atoms with Crippen LogP contribution in [0.25, 0.3) is 0 Å². The number of rotatable bonds is 5. The lowest BCUT2D eigenvalue weighted by Gasteiger charge is -2.35. The second kappa shape index (κ2) is 10.4. The van der Waals surface area contributed by atoms with Crippen molar-refractivity contribution in [3.63, 3.8) is 0 Å². The molecule has 1 aromatic carbocycles. The maximum absolute atomic E-state index is 14.4. The Balaban J connectivity index is 0.00000220. The number of nitrogens with one attached hydrogen (secondary N) is 1. The summed E-state index contributed by atoms with van der Waals surface area (Å²) in [6, 6.07) is 2.77. The molecule has 1 saturated heterocycles. The summed E-state index contributed by atoms with van der Waals surface area (Å²) in [7, 11) is 0. The highest BCUT2D eigenvalue weighted by molar-refractivity contribution is 5.85. The van der Waals surface area contributed by atoms with Crippen LogP contribution in [0.4, 0.5) is 8.78 Å². The van der Waals surface area contributed by atoms with E-state index >= 15 is 0 Å². The molecule has 128 valence electrons. The average Bonchev–Trinajstić information content (AvgIpc) is 2.47. The van der Waals surface area contributed by atoms with Gasteiger partial charge in [0.05, 0.1) is 0 Å². The van der Waals surface area contributed by atoms with E-state index in [4.69, 9.17) is 0 Å². The second-order valence-corrected chi connectivity index (χ2v) is 5.54. The minimum absolute atomic E-state index is 0. The fraction of sp³-hybridized carbons (Fsp3) is 0.625. The molecule has 6 heteroatoms. The maximum atomic E-state index is 14.4. The van der Waals surface area contributed by atoms with Gasteiger partial charge in [-0.1, -0.05) is 25.8 Å². The number of aryl methyl sites for hydroxylation is 1. The molecule has 0 radical (unpaired) electrons. The molecule has 0 saturated carbocycles. The molecular weight excluding hydrogens is 329 g/mol. The van der Waals surface area contributed by atoms with Crippen LogP contribution in [0.15, 0.2) is 12.1 Å². The highest BCUT2D eigenvalue weighted by atomic mass is 35.5. The molecule has 2 rings (SSSR count). The third-order valence-corrected chi connectivity index (χ3v) is 4.08. The van der Waals surface area contributed by atoms with E-state index in [0.29, 0.717) is 5.56 Å². The minimum Gasteiger partial charge on any atom is -0.314 e. The number of hydrogen-bond acceptors (Lipinski definition) is 2. The van der Waals surface area contributed by atoms with Gasteiger partial charge in [0.2, 0.25) is 0 Å². The molecule has 1 aliphatic rings. The Morgan fingerprint density at radius 2 is 1.82 bits per heavy atom. The van der Waals surface area contributed by atoms with Gasteiger partial charge < -0.3 is 5.32 Å². The maximum Gasteiger partial charge on any atom is 0.133 e. The summed E-state index contributed by atoms with van der Waals surface area (Å²) < 4.78 is 28.6. The lowest BCUT2D eigenvalue weighted by molar-refractivity contribution is 0.156. The van der Waals surface area contributed by atoms with E-state index < -0.39 is 5.82 Å². The molecular formula is C16H26Cl2F2N2. The van der Waals surface area contributed by atoms with Crippen LogP contribution in [0.3, 0.4) is 0 Å². The van der Waals surface area contributed by atoms with Gasteiger partial charge in [0.15, 0.2) is 0 Å². The first-order valence-corrected chi connectivity index (χ1v) is 7.54. The van der Waals surface area contributed by atoms with Crippen LogP contribution in [0.1, 0.15) is 43.4 Å². The molecule has 0 spiro atoms. The molecule has 1 aromatic rings. The van der Waals surface area contributed by atoms with Crippen molar-refractivity contribution in [2.24, 2.45) is 0 Å². The first-order chi connectivity index (χ1) is 9.65. The molecule has 1 N–H and O–H groups in total. The lowest BCUT2D eigenvalue weighted by atomic mass is 9.96. The van der Waals surface area contributed by atoms with Gasteiger partial charge in [0.1, 0.15) is 11.6 Å². The number of halogens is 4. The summed E-state index contributed by atoms with van der Waals surface area (Å²) in [5.74, 6) is -0.780. The Hall–Kier alpha value is -0.420. The van der Waals surface area contributed by atoms with Crippen LogP contribution in [0.2, 0.25) is 0 Å². The quantitative estimate of drug-likeness (QED) is 0.849. The first kappa shape index (κ1) is 21.6. The lowest BCUT2D eigenvalue weighted by Crippen LogP contribution is -2.45. The van der Waals surface area contributed by atoms with Crippen molar-refractivity contribution in [2.45, 2.75) is 39.2 Å². The van der Waals surface area contributed by atoms with Gasteiger partial charge in [0, 0.05) is 37.8 Å². The summed E-state index contributed by atoms with van der Waals surface area (Å²) in [6.45, 7) is 7.28. The van der Waals surface area contributed by atoms with Crippen LogP contribution >= 0.6 is 24.8 Å². The number of nitrogens with zero attached hydrogens (tertiary/aromatic N) is 1. The molecule has 0 aromatic heterocycles. The summed E-state index contributed by atoms with van der Waals surface area (Å²) in [5, 5.41) is 3.29. The zero-order chi connectivity index (χ0) is 14.5. The smallest absolute Gasteiger partial charge is 0.133 e. The van der Waals surface area contributed by atoms with Crippen molar-refractivity contribution in [3.8, 4) is 0 Å². The third kappa shape index (κ3) is 5.05. The molecule has 1 atom stereocenters. The number of hydrogen-bond donors (Lipinski definition) is 1. The number of unbranched alkanes of at least 4 members (excludes halogenated alkanes) is 1. The second-order valence-electron chi connectivity index (χ2n) is 5.54. The van der Waals surface area contributed by atoms with Crippen molar-refractivity contribution < 1.29 is 8.78 Å². The fourth-order valence-corrected chi connectivity index (χ4v) is 2.88. The molecule has 0 unspecified atom stereocenters. The molecule has 0 amide bonds. The van der Waals surface area contributed by atoms with Gasteiger partial charge in [-0.15, -0.1) is 24.8 Å². The Kier molecular flexibility index (Phi) is 10.2. The van der Waals surface area contributed by atoms with Crippen molar-refractivity contribution in [1.82, 2.24) is 10.2 Å². The van der Waals surface area contributed by atoms with E-state index in [9.17, 15) is 8.78 Å². The standard InChI is InChI=1S/C16H24F2N2.2ClH/c1-3-4-5-14(20-10-8-19-9-11-20)15-13(17)7-6-12(2)16(15)18;;/h6-7,14,19H,3-5,8-11H2,1-2H3;2*1H/t14-;;/m0../s1. The van der Waals surface area contributed by atoms with Gasteiger partial charge in [-0.3, -0.25) is 4.90 Å². The van der Waals surface area contributed by atoms with E-state index in [2.05, 4.69) is 17.1 Å². The fourth-order valence-electron chi connectivity index (χ4n) is 2.88. The highest BCUT2D eigenvalue weighted by Gasteiger charge is 2.27. The molecule has 1 aliphatic heterocycles. The number of piperazine rings is 1. The van der Waals surface area contributed by atoms with E-state index in [-0.39, 0.29) is 42.2 Å². The Morgan fingerprint density at radius 3 is 2.41 bits per heavy atom. The SMILES string of the molecule is CCCC[C@@H](c1c(F)ccc(C)c1F)N1CCNCC1.Cl.Cl. The molecule has 1 fully saturated rings. The predicted octanol–water partition coefficient (Wildman–Crippen LogP) is 4.25. The van der Waals surface area contributed by atoms with Crippen molar-refractivity contribution in [2.75, 3.05) is 26.2 Å². The number of benzene rings is 1. The van der Waals surface area contributed by atoms with E-state index in [1.165, 1.54) is 12.1 Å². The molecule has 0 aliphatic carbocycles. The Morgan fingerprint density at radius 1 is 1.18 bits per heavy atom. The van der Waals surface area contributed by atoms with E-state index in [0.717, 1.165) is 45.4 Å². The highest BCUT2D eigenvalue weighted by Crippen LogP contribution is 2.32. The normalized spacial score (nSPS) is 16.5. The minimum atomic E-state index is -0.410. The zero-order valence-electron chi connectivity index (χ0n) is 13.2. The van der Waals surface area contributed by atoms with E-state index in [1.807, 2.05) is 0 Å². The largest absolute Gasteiger partial charge is 0.314 e. The first-order valence-electron chi connectivity index (χ1n) is 7.54. The van der Waals surface area contributed by atoms with Crippen LogP contribution in [-0.2, 0) is 0 Å². The van der Waals surface area contributed by atoms with E-state index in [1.54, 1.807) is 6.92 Å². The van der Waals surface area contributed by atoms with Gasteiger partial charge >= 0.3 is 0 Å². The van der Waals surface area contributed by atoms with Crippen LogP contribution in [0, 0.1) is 18.6 Å². The summed E-state index contributed by atoms with van der Waals surface area (Å²) >= 11 is 0. The van der Waals surface area contributed by atoms with Crippen molar-refractivity contribution in [1.29, 1.82) is 0 Å². The van der Waals surface area contributed by atoms with Crippen LogP contribution in [0.5, 0.6) is 0 Å². The molecule has 2 nitrogen and oxygen atoms in total. The topological polar surface area (TPSA) is 15.3 Å². The molecule has 22 heavy (non-hydrogen) atoms. The predicted molar refractivity (Wildman–Crippen MR) is 92.3 cm³/mol. The van der Waals surface area contributed by atoms with Gasteiger partial charge in [0.25, 0.3) is 0 Å². The van der Waals surface area contributed by atoms with Crippen molar-refractivity contribution >= 4 is 24.8 Å². The van der Waals surface area contributed by atoms with Crippen molar-refractivity contribution in [3.05, 3.63) is 34.9 Å². The average molecular weight is 355 g/mol. The third-order valence-electron chi connectivity index (χ3n) is 4.08. The summed E-state index contributed by atoms with van der Waals surface area (Å²) in [5.41, 5.74) is 0.790. The molecule has 0 bridgehead atoms. The Labute approximate surface area is 144 Å². The van der Waals surface area contributed by atoms with Crippen LogP contribution in [-0.4, -0.2) is 31.1 Å². The summed E-state index contributed by atoms with van der Waals surface area (Å²) in [6.07, 6.45) is 2.84. The Bertz CT molecular complexity index is 452. The zero-order valence-corrected chi connectivity index (χ0v) is 14.8. The van der Waals surface area contributed by atoms with Gasteiger partial charge in [-0.25, -0.2) is 8.78 Å². The van der Waals surface area contributed by atoms with Crippen LogP contribution < -0.4 is 5.32 Å². The monoisotopic (exact) mass is 354 g/mol. The molecule has 1 heterocycles.